The lowest BCUT2D eigenvalue weighted by Crippen LogP contribution is -2.39. The van der Waals surface area contributed by atoms with Gasteiger partial charge >= 0.3 is 5.97 Å². The van der Waals surface area contributed by atoms with Crippen molar-refractivity contribution in [2.45, 2.75) is 76.7 Å². The summed E-state index contributed by atoms with van der Waals surface area (Å²) in [6.07, 6.45) is 19.3. The maximum atomic E-state index is 11.0. The second kappa shape index (κ2) is 10.7. The predicted octanol–water partition coefficient (Wildman–Crippen LogP) is 3.68. The molecule has 3 nitrogen and oxygen atoms in total. The zero-order chi connectivity index (χ0) is 14.6. The van der Waals surface area contributed by atoms with Gasteiger partial charge in [0.15, 0.2) is 0 Å². The largest absolute Gasteiger partial charge is 0.480 e. The number of terminal acetylenes is 1. The topological polar surface area (TPSA) is 40.5 Å². The van der Waals surface area contributed by atoms with E-state index < -0.39 is 5.97 Å². The zero-order valence-corrected chi connectivity index (χ0v) is 12.6. The summed E-state index contributed by atoms with van der Waals surface area (Å²) in [5.41, 5.74) is 0. The molecule has 1 N–H and O–H groups in total. The van der Waals surface area contributed by atoms with Crippen LogP contribution >= 0.6 is 0 Å². The first-order valence-corrected chi connectivity index (χ1v) is 8.13. The van der Waals surface area contributed by atoms with Gasteiger partial charge in [-0.3, -0.25) is 9.69 Å². The van der Waals surface area contributed by atoms with Crippen molar-refractivity contribution in [3.05, 3.63) is 0 Å². The van der Waals surface area contributed by atoms with Crippen LogP contribution in [-0.2, 0) is 4.79 Å². The minimum Gasteiger partial charge on any atom is -0.480 e. The maximum absolute atomic E-state index is 11.0. The van der Waals surface area contributed by atoms with E-state index in [4.69, 9.17) is 11.5 Å². The summed E-state index contributed by atoms with van der Waals surface area (Å²) in [5.74, 6) is 1.85. The molecule has 0 atom stereocenters. The normalized spacial score (nSPS) is 19.8. The third kappa shape index (κ3) is 7.55. The van der Waals surface area contributed by atoms with E-state index in [-0.39, 0.29) is 6.54 Å². The lowest BCUT2D eigenvalue weighted by atomic mass is 9.97. The van der Waals surface area contributed by atoms with Crippen LogP contribution in [0.5, 0.6) is 0 Å². The van der Waals surface area contributed by atoms with Crippen LogP contribution < -0.4 is 0 Å². The fourth-order valence-electron chi connectivity index (χ4n) is 3.11. The Balaban J connectivity index is 2.53. The van der Waals surface area contributed by atoms with Crippen molar-refractivity contribution in [1.29, 1.82) is 0 Å². The highest BCUT2D eigenvalue weighted by Gasteiger charge is 2.19. The van der Waals surface area contributed by atoms with Crippen LogP contribution in [0, 0.1) is 12.3 Å². The maximum Gasteiger partial charge on any atom is 0.317 e. The van der Waals surface area contributed by atoms with E-state index in [0.717, 1.165) is 12.8 Å². The summed E-state index contributed by atoms with van der Waals surface area (Å²) in [5, 5.41) is 9.04. The minimum absolute atomic E-state index is 0.0782. The van der Waals surface area contributed by atoms with E-state index in [0.29, 0.717) is 12.6 Å². The molecule has 1 aliphatic rings. The first-order valence-electron chi connectivity index (χ1n) is 8.13. The van der Waals surface area contributed by atoms with Gasteiger partial charge in [0.1, 0.15) is 0 Å². The quantitative estimate of drug-likeness (QED) is 0.798. The summed E-state index contributed by atoms with van der Waals surface area (Å²) in [6.45, 7) is 0.534. The zero-order valence-electron chi connectivity index (χ0n) is 12.6. The van der Waals surface area contributed by atoms with Crippen molar-refractivity contribution in [2.24, 2.45) is 0 Å². The monoisotopic (exact) mass is 279 g/mol. The predicted molar refractivity (Wildman–Crippen MR) is 82.6 cm³/mol. The van der Waals surface area contributed by atoms with E-state index >= 15 is 0 Å². The van der Waals surface area contributed by atoms with Gasteiger partial charge in [0.25, 0.3) is 0 Å². The number of hydrogen-bond donors (Lipinski definition) is 1. The van der Waals surface area contributed by atoms with Gasteiger partial charge in [-0.15, -0.1) is 6.42 Å². The third-order valence-corrected chi connectivity index (χ3v) is 4.22. The molecule has 0 bridgehead atoms. The molecule has 1 aliphatic carbocycles. The molecule has 0 aromatic heterocycles. The average Bonchev–Trinajstić information content (AvgIpc) is 2.38. The van der Waals surface area contributed by atoms with Crippen molar-refractivity contribution >= 4 is 5.97 Å². The first-order chi connectivity index (χ1) is 9.74. The molecule has 1 saturated carbocycles. The Hall–Kier alpha value is -1.01. The number of carboxylic acid groups (broad SMARTS) is 1. The molecular formula is C17H29NO2. The number of hydrogen-bond acceptors (Lipinski definition) is 2. The molecule has 0 aliphatic heterocycles. The summed E-state index contributed by atoms with van der Waals surface area (Å²) >= 11 is 0. The smallest absolute Gasteiger partial charge is 0.317 e. The van der Waals surface area contributed by atoms with Gasteiger partial charge in [-0.1, -0.05) is 63.7 Å². The van der Waals surface area contributed by atoms with E-state index in [1.807, 2.05) is 4.90 Å². The van der Waals surface area contributed by atoms with Crippen molar-refractivity contribution < 1.29 is 9.90 Å². The summed E-state index contributed by atoms with van der Waals surface area (Å²) in [6, 6.07) is 0.349. The number of nitrogens with zero attached hydrogens (tertiary/aromatic N) is 1. The van der Waals surface area contributed by atoms with Gasteiger partial charge < -0.3 is 5.11 Å². The average molecular weight is 279 g/mol. The molecule has 1 fully saturated rings. The summed E-state index contributed by atoms with van der Waals surface area (Å²) in [4.78, 5) is 13.0. The summed E-state index contributed by atoms with van der Waals surface area (Å²) < 4.78 is 0. The van der Waals surface area contributed by atoms with Crippen LogP contribution in [0.2, 0.25) is 0 Å². The summed E-state index contributed by atoms with van der Waals surface area (Å²) in [7, 11) is 0. The van der Waals surface area contributed by atoms with Gasteiger partial charge in [0.05, 0.1) is 13.1 Å². The molecule has 0 saturated heterocycles. The molecule has 0 unspecified atom stereocenters. The fourth-order valence-corrected chi connectivity index (χ4v) is 3.11. The number of carbonyl (C=O) groups is 1. The highest BCUT2D eigenvalue weighted by Crippen LogP contribution is 2.20. The minimum atomic E-state index is -0.772. The fraction of sp³-hybridized carbons (Fsp3) is 0.824. The van der Waals surface area contributed by atoms with Gasteiger partial charge in [-0.05, 0) is 12.8 Å². The Bertz CT molecular complexity index is 297. The van der Waals surface area contributed by atoms with Crippen LogP contribution in [0.3, 0.4) is 0 Å². The van der Waals surface area contributed by atoms with Crippen LogP contribution in [0.15, 0.2) is 0 Å². The Labute approximate surface area is 123 Å². The Morgan fingerprint density at radius 3 is 1.85 bits per heavy atom. The van der Waals surface area contributed by atoms with E-state index in [9.17, 15) is 4.79 Å². The Morgan fingerprint density at radius 2 is 1.45 bits per heavy atom. The molecule has 0 aromatic carbocycles. The lowest BCUT2D eigenvalue weighted by molar-refractivity contribution is -0.138. The molecule has 20 heavy (non-hydrogen) atoms. The molecule has 0 heterocycles. The molecule has 0 spiro atoms. The molecule has 114 valence electrons. The lowest BCUT2D eigenvalue weighted by Gasteiger charge is -2.29. The Morgan fingerprint density at radius 1 is 1.00 bits per heavy atom. The third-order valence-electron chi connectivity index (χ3n) is 4.22. The van der Waals surface area contributed by atoms with Crippen LogP contribution in [0.25, 0.3) is 0 Å². The number of rotatable bonds is 4. The van der Waals surface area contributed by atoms with E-state index in [1.165, 1.54) is 57.8 Å². The SMILES string of the molecule is C#CCN(CC(=O)O)C1CCCCCCCCCCC1. The molecule has 3 heteroatoms. The van der Waals surface area contributed by atoms with Crippen LogP contribution in [0.1, 0.15) is 70.6 Å². The number of carboxylic acids is 1. The van der Waals surface area contributed by atoms with Crippen LogP contribution in [0.4, 0.5) is 0 Å². The molecule has 1 rings (SSSR count). The van der Waals surface area contributed by atoms with Gasteiger partial charge in [0.2, 0.25) is 0 Å². The van der Waals surface area contributed by atoms with Crippen molar-refractivity contribution in [1.82, 2.24) is 4.90 Å². The molecule has 0 aromatic rings. The highest BCUT2D eigenvalue weighted by molar-refractivity contribution is 5.69. The Kier molecular flexibility index (Phi) is 9.15. The standard InChI is InChI=1S/C17H29NO2/c1-2-14-18(15-17(19)20)16-12-10-8-6-4-3-5-7-9-11-13-16/h1,16H,3-15H2,(H,19,20). The van der Waals surface area contributed by atoms with E-state index in [2.05, 4.69) is 5.92 Å². The van der Waals surface area contributed by atoms with Crippen molar-refractivity contribution in [3.63, 3.8) is 0 Å². The van der Waals surface area contributed by atoms with Crippen molar-refractivity contribution in [3.8, 4) is 12.3 Å². The van der Waals surface area contributed by atoms with Crippen molar-refractivity contribution in [2.75, 3.05) is 13.1 Å². The van der Waals surface area contributed by atoms with Gasteiger partial charge in [-0.25, -0.2) is 0 Å². The molecular weight excluding hydrogens is 250 g/mol. The van der Waals surface area contributed by atoms with Gasteiger partial charge in [0, 0.05) is 6.04 Å². The van der Waals surface area contributed by atoms with Crippen LogP contribution in [-0.4, -0.2) is 35.1 Å². The first kappa shape index (κ1) is 17.0. The second-order valence-corrected chi connectivity index (χ2v) is 5.92. The highest BCUT2D eigenvalue weighted by atomic mass is 16.4. The second-order valence-electron chi connectivity index (χ2n) is 5.92. The number of aliphatic carboxylic acids is 1. The van der Waals surface area contributed by atoms with Gasteiger partial charge in [-0.2, -0.15) is 0 Å². The molecule has 0 radical (unpaired) electrons. The molecule has 0 amide bonds. The van der Waals surface area contributed by atoms with E-state index in [1.54, 1.807) is 0 Å².